The minimum absolute atomic E-state index is 0.137. The van der Waals surface area contributed by atoms with E-state index in [-0.39, 0.29) is 43.6 Å². The van der Waals surface area contributed by atoms with Crippen LogP contribution in [0.15, 0.2) is 78.4 Å². The topological polar surface area (TPSA) is 121 Å². The highest BCUT2D eigenvalue weighted by molar-refractivity contribution is 5.92. The lowest BCUT2D eigenvalue weighted by Gasteiger charge is -2.37. The average Bonchev–Trinajstić information content (AvgIpc) is 3.72. The van der Waals surface area contributed by atoms with Crippen molar-refractivity contribution in [2.75, 3.05) is 26.7 Å². The van der Waals surface area contributed by atoms with Crippen LogP contribution in [0.2, 0.25) is 0 Å². The average molecular weight is 718 g/mol. The van der Waals surface area contributed by atoms with Crippen molar-refractivity contribution in [2.45, 2.75) is 90.9 Å². The Balaban J connectivity index is 1.28. The fourth-order valence-electron chi connectivity index (χ4n) is 7.03. The van der Waals surface area contributed by atoms with Crippen LogP contribution in [-0.2, 0) is 32.2 Å². The van der Waals surface area contributed by atoms with Crippen molar-refractivity contribution in [1.29, 1.82) is 0 Å². The number of halogens is 1. The minimum atomic E-state index is -0.940. The predicted octanol–water partition coefficient (Wildman–Crippen LogP) is 5.42. The zero-order valence-corrected chi connectivity index (χ0v) is 31.0. The summed E-state index contributed by atoms with van der Waals surface area (Å²) in [7, 11) is 1.50. The van der Waals surface area contributed by atoms with Crippen LogP contribution in [-0.4, -0.2) is 95.7 Å². The number of ether oxygens (including phenoxy) is 2. The van der Waals surface area contributed by atoms with Crippen LogP contribution in [0.3, 0.4) is 0 Å². The molecule has 0 radical (unpaired) electrons. The Kier molecular flexibility index (Phi) is 12.4. The van der Waals surface area contributed by atoms with Gasteiger partial charge < -0.3 is 29.9 Å². The Morgan fingerprint density at radius 3 is 2.38 bits per heavy atom. The summed E-state index contributed by atoms with van der Waals surface area (Å²) in [5, 5.41) is 5.96. The van der Waals surface area contributed by atoms with Crippen LogP contribution in [0, 0.1) is 17.2 Å². The number of nitrogens with zero attached hydrogens (tertiary/aromatic N) is 3. The fourth-order valence-corrected chi connectivity index (χ4v) is 7.03. The number of hydrogen-bond donors (Lipinski definition) is 2. The number of fused-ring (bicyclic) bond motifs is 1. The van der Waals surface area contributed by atoms with E-state index in [2.05, 4.69) is 23.6 Å². The largest absolute Gasteiger partial charge is 0.445 e. The number of carbonyl (C=O) groups excluding carboxylic acids is 4. The molecule has 0 bridgehead atoms. The molecule has 6 atom stereocenters. The Morgan fingerprint density at radius 1 is 1.00 bits per heavy atom. The molecule has 12 heteroatoms. The lowest BCUT2D eigenvalue weighted by atomic mass is 9.85. The van der Waals surface area contributed by atoms with Crippen molar-refractivity contribution in [3.05, 3.63) is 95.3 Å². The van der Waals surface area contributed by atoms with Gasteiger partial charge in [0.2, 0.25) is 11.8 Å². The fraction of sp³-hybridized carbons (Fsp3) is 0.500. The van der Waals surface area contributed by atoms with Crippen LogP contribution < -0.4 is 10.6 Å². The van der Waals surface area contributed by atoms with Gasteiger partial charge in [0.25, 0.3) is 0 Å². The second-order valence-electron chi connectivity index (χ2n) is 15.2. The maximum absolute atomic E-state index is 14.5. The molecule has 1 aliphatic carbocycles. The summed E-state index contributed by atoms with van der Waals surface area (Å²) in [5.41, 5.74) is 2.02. The molecule has 2 saturated heterocycles. The smallest absolute Gasteiger partial charge is 0.410 e. The maximum atomic E-state index is 14.5. The van der Waals surface area contributed by atoms with Gasteiger partial charge in [-0.05, 0) is 59.9 Å². The number of urea groups is 1. The zero-order valence-electron chi connectivity index (χ0n) is 31.0. The minimum Gasteiger partial charge on any atom is -0.445 e. The van der Waals surface area contributed by atoms with Crippen molar-refractivity contribution in [3.8, 4) is 0 Å². The third kappa shape index (κ3) is 9.39. The summed E-state index contributed by atoms with van der Waals surface area (Å²) in [6, 6.07) is 12.7. The summed E-state index contributed by atoms with van der Waals surface area (Å²) in [5.74, 6) is -0.774. The number of nitrogens with one attached hydrogen (secondary N) is 2. The van der Waals surface area contributed by atoms with Crippen molar-refractivity contribution in [3.63, 3.8) is 0 Å². The first-order valence-electron chi connectivity index (χ1n) is 18.0. The van der Waals surface area contributed by atoms with Crippen LogP contribution >= 0.6 is 0 Å². The number of benzene rings is 2. The van der Waals surface area contributed by atoms with Crippen LogP contribution in [0.1, 0.15) is 58.6 Å². The number of allylic oxidation sites excluding steroid dienone is 3. The van der Waals surface area contributed by atoms with E-state index in [0.717, 1.165) is 23.1 Å². The van der Waals surface area contributed by atoms with Crippen LogP contribution in [0.4, 0.5) is 14.0 Å². The molecule has 0 aromatic heterocycles. The molecular formula is C40H52FN5O6. The third-order valence-corrected chi connectivity index (χ3v) is 10.2. The van der Waals surface area contributed by atoms with Crippen LogP contribution in [0.25, 0.3) is 0 Å². The molecule has 3 aliphatic rings. The van der Waals surface area contributed by atoms with E-state index < -0.39 is 41.6 Å². The number of hydrogen-bond acceptors (Lipinski definition) is 6. The Morgan fingerprint density at radius 2 is 1.71 bits per heavy atom. The SMILES string of the molecule is CC1C=CC=C(COC(=O)N(C)[C@@H](C)C(=O)N[C@H](C(=O)N2CC[C@@H]3[C@H]2[C@@H](OCc2ccc(F)cc2)CN3C(=O)NCc2ccccc2)C(C)(C)C)C1. The van der Waals surface area contributed by atoms with Gasteiger partial charge in [-0.1, -0.05) is 88.4 Å². The van der Waals surface area contributed by atoms with E-state index in [1.165, 1.54) is 24.1 Å². The van der Waals surface area contributed by atoms with Gasteiger partial charge in [-0.3, -0.25) is 14.5 Å². The normalized spacial score (nSPS) is 22.2. The first kappa shape index (κ1) is 38.5. The molecule has 5 rings (SSSR count). The van der Waals surface area contributed by atoms with Crippen molar-refractivity contribution in [1.82, 2.24) is 25.3 Å². The van der Waals surface area contributed by atoms with Gasteiger partial charge in [0.1, 0.15) is 24.5 Å². The molecule has 2 N–H and O–H groups in total. The van der Waals surface area contributed by atoms with E-state index in [4.69, 9.17) is 9.47 Å². The zero-order chi connectivity index (χ0) is 37.6. The molecule has 0 spiro atoms. The number of likely N-dealkylation sites (tertiary alicyclic amines) is 2. The van der Waals surface area contributed by atoms with E-state index in [9.17, 15) is 23.6 Å². The highest BCUT2D eigenvalue weighted by Gasteiger charge is 2.54. The molecule has 1 unspecified atom stereocenters. The van der Waals surface area contributed by atoms with Gasteiger partial charge in [-0.2, -0.15) is 0 Å². The first-order valence-corrected chi connectivity index (χ1v) is 18.0. The van der Waals surface area contributed by atoms with Gasteiger partial charge >= 0.3 is 12.1 Å². The Labute approximate surface area is 306 Å². The molecule has 0 saturated carbocycles. The molecule has 11 nitrogen and oxygen atoms in total. The first-order chi connectivity index (χ1) is 24.7. The number of likely N-dealkylation sites (N-methyl/N-ethyl adjacent to an activating group) is 1. The molecule has 280 valence electrons. The van der Waals surface area contributed by atoms with Gasteiger partial charge in [-0.15, -0.1) is 0 Å². The lowest BCUT2D eigenvalue weighted by Crippen LogP contribution is -2.60. The molecule has 2 aromatic rings. The van der Waals surface area contributed by atoms with E-state index in [1.807, 2.05) is 63.3 Å². The number of amides is 5. The van der Waals surface area contributed by atoms with E-state index in [1.54, 1.807) is 28.9 Å². The number of rotatable bonds is 11. The maximum Gasteiger partial charge on any atom is 0.410 e. The summed E-state index contributed by atoms with van der Waals surface area (Å²) in [6.07, 6.45) is 6.14. The highest BCUT2D eigenvalue weighted by atomic mass is 19.1. The molecule has 2 aromatic carbocycles. The van der Waals surface area contributed by atoms with Gasteiger partial charge in [0.15, 0.2) is 0 Å². The second-order valence-corrected chi connectivity index (χ2v) is 15.2. The van der Waals surface area contributed by atoms with Gasteiger partial charge in [0, 0.05) is 20.1 Å². The van der Waals surface area contributed by atoms with Crippen LogP contribution in [0.5, 0.6) is 0 Å². The molecule has 52 heavy (non-hydrogen) atoms. The summed E-state index contributed by atoms with van der Waals surface area (Å²) >= 11 is 0. The van der Waals surface area contributed by atoms with Gasteiger partial charge in [0.05, 0.1) is 31.3 Å². The molecule has 2 heterocycles. The van der Waals surface area contributed by atoms with E-state index >= 15 is 0 Å². The summed E-state index contributed by atoms with van der Waals surface area (Å²) in [4.78, 5) is 59.4. The Hall–Kier alpha value is -4.71. The standard InChI is InChI=1S/C40H52FN5O6/c1-26-11-10-14-30(21-26)25-52-39(50)44(6)27(2)36(47)43-35(40(3,4)5)37(48)45-20-19-32-34(45)33(51-24-29-15-17-31(41)18-16-29)23-46(32)38(49)42-22-28-12-8-7-9-13-28/h7-18,26-27,32-35H,19-25H2,1-6H3,(H,42,49)(H,43,47)/t26?,27-,32+,33-,34-,35+/m0/s1. The third-order valence-electron chi connectivity index (χ3n) is 10.2. The molecular weight excluding hydrogens is 665 g/mol. The second kappa shape index (κ2) is 16.8. The van der Waals surface area contributed by atoms with Gasteiger partial charge in [-0.25, -0.2) is 14.0 Å². The van der Waals surface area contributed by atoms with Crippen molar-refractivity contribution < 1.29 is 33.0 Å². The predicted molar refractivity (Wildman–Crippen MR) is 195 cm³/mol. The van der Waals surface area contributed by atoms with Crippen molar-refractivity contribution in [2.24, 2.45) is 11.3 Å². The van der Waals surface area contributed by atoms with Crippen molar-refractivity contribution >= 4 is 23.9 Å². The lowest BCUT2D eigenvalue weighted by molar-refractivity contribution is -0.143. The molecule has 2 fully saturated rings. The quantitative estimate of drug-likeness (QED) is 0.321. The summed E-state index contributed by atoms with van der Waals surface area (Å²) in [6.45, 7) is 10.6. The number of carbonyl (C=O) groups is 4. The molecule has 5 amide bonds. The Bertz CT molecular complexity index is 1640. The van der Waals surface area contributed by atoms with E-state index in [0.29, 0.717) is 25.4 Å². The highest BCUT2D eigenvalue weighted by Crippen LogP contribution is 2.36. The monoisotopic (exact) mass is 717 g/mol. The molecule has 2 aliphatic heterocycles. The summed E-state index contributed by atoms with van der Waals surface area (Å²) < 4.78 is 25.5.